The Bertz CT molecular complexity index is 821. The molecular formula is C20H23NO3S. The molecule has 0 spiro atoms. The van der Waals surface area contributed by atoms with Gasteiger partial charge in [0.05, 0.1) is 10.6 Å². The van der Waals surface area contributed by atoms with E-state index in [0.29, 0.717) is 18.0 Å². The topological polar surface area (TPSA) is 54.5 Å². The molecule has 0 radical (unpaired) electrons. The first-order valence-corrected chi connectivity index (χ1v) is 10.2. The summed E-state index contributed by atoms with van der Waals surface area (Å²) in [7, 11) is -3.30. The van der Waals surface area contributed by atoms with Crippen LogP contribution in [0.4, 0.5) is 0 Å². The lowest BCUT2D eigenvalue weighted by Gasteiger charge is -2.31. The van der Waals surface area contributed by atoms with E-state index in [0.717, 1.165) is 24.0 Å². The lowest BCUT2D eigenvalue weighted by Crippen LogP contribution is -2.38. The molecule has 4 nitrogen and oxygen atoms in total. The average molecular weight is 357 g/mol. The highest BCUT2D eigenvalue weighted by molar-refractivity contribution is 7.91. The minimum Gasteiger partial charge on any atom is -0.343 e. The van der Waals surface area contributed by atoms with E-state index < -0.39 is 9.84 Å². The maximum Gasteiger partial charge on any atom is 0.219 e. The van der Waals surface area contributed by atoms with Gasteiger partial charge in [-0.2, -0.15) is 0 Å². The van der Waals surface area contributed by atoms with E-state index in [1.165, 1.54) is 0 Å². The van der Waals surface area contributed by atoms with Crippen LogP contribution in [0.1, 0.15) is 19.8 Å². The smallest absolute Gasteiger partial charge is 0.219 e. The summed E-state index contributed by atoms with van der Waals surface area (Å²) in [5.41, 5.74) is 2.08. The predicted octanol–water partition coefficient (Wildman–Crippen LogP) is 3.39. The normalized spacial score (nSPS) is 16.0. The van der Waals surface area contributed by atoms with Gasteiger partial charge >= 0.3 is 0 Å². The van der Waals surface area contributed by atoms with Crippen LogP contribution in [0.5, 0.6) is 0 Å². The Morgan fingerprint density at radius 2 is 1.52 bits per heavy atom. The lowest BCUT2D eigenvalue weighted by atomic mass is 9.99. The van der Waals surface area contributed by atoms with E-state index in [-0.39, 0.29) is 17.6 Å². The standard InChI is InChI=1S/C20H23NO3S/c1-16(22)21-13-11-17(12-14-21)15-25(23,24)20-9-7-19(8-10-20)18-5-3-2-4-6-18/h2-10,17H,11-15H2,1H3. The van der Waals surface area contributed by atoms with E-state index in [2.05, 4.69) is 0 Å². The number of amides is 1. The highest BCUT2D eigenvalue weighted by atomic mass is 32.2. The van der Waals surface area contributed by atoms with Gasteiger partial charge in [-0.15, -0.1) is 0 Å². The summed E-state index contributed by atoms with van der Waals surface area (Å²) in [6, 6.07) is 17.0. The second-order valence-corrected chi connectivity index (χ2v) is 8.66. The van der Waals surface area contributed by atoms with E-state index in [9.17, 15) is 13.2 Å². The van der Waals surface area contributed by atoms with Crippen LogP contribution < -0.4 is 0 Å². The molecule has 0 atom stereocenters. The number of hydrogen-bond acceptors (Lipinski definition) is 3. The number of hydrogen-bond donors (Lipinski definition) is 0. The van der Waals surface area contributed by atoms with Gasteiger partial charge in [0.1, 0.15) is 0 Å². The van der Waals surface area contributed by atoms with Crippen molar-refractivity contribution in [1.29, 1.82) is 0 Å². The molecule has 2 aromatic carbocycles. The molecule has 1 aliphatic heterocycles. The minimum absolute atomic E-state index is 0.0674. The molecule has 0 bridgehead atoms. The third kappa shape index (κ3) is 4.28. The van der Waals surface area contributed by atoms with Crippen LogP contribution in [-0.4, -0.2) is 38.1 Å². The predicted molar refractivity (Wildman–Crippen MR) is 98.9 cm³/mol. The van der Waals surface area contributed by atoms with Gasteiger partial charge in [0.2, 0.25) is 5.91 Å². The number of carbonyl (C=O) groups excluding carboxylic acids is 1. The van der Waals surface area contributed by atoms with Crippen molar-refractivity contribution in [3.05, 3.63) is 54.6 Å². The SMILES string of the molecule is CC(=O)N1CCC(CS(=O)(=O)c2ccc(-c3ccccc3)cc2)CC1. The molecule has 5 heteroatoms. The summed E-state index contributed by atoms with van der Waals surface area (Å²) in [5.74, 6) is 0.343. The Morgan fingerprint density at radius 1 is 0.960 bits per heavy atom. The van der Waals surface area contributed by atoms with E-state index >= 15 is 0 Å². The van der Waals surface area contributed by atoms with Crippen LogP contribution in [0.25, 0.3) is 11.1 Å². The molecule has 1 fully saturated rings. The van der Waals surface area contributed by atoms with Crippen molar-refractivity contribution in [3.63, 3.8) is 0 Å². The van der Waals surface area contributed by atoms with Gasteiger partial charge in [-0.1, -0.05) is 42.5 Å². The van der Waals surface area contributed by atoms with Gasteiger partial charge in [0, 0.05) is 20.0 Å². The first-order valence-electron chi connectivity index (χ1n) is 8.59. The summed E-state index contributed by atoms with van der Waals surface area (Å²) in [5, 5.41) is 0. The molecule has 0 aliphatic carbocycles. The molecule has 1 heterocycles. The molecule has 25 heavy (non-hydrogen) atoms. The number of piperidine rings is 1. The molecular weight excluding hydrogens is 334 g/mol. The van der Waals surface area contributed by atoms with Gasteiger partial charge in [0.25, 0.3) is 0 Å². The summed E-state index contributed by atoms with van der Waals surface area (Å²) in [6.45, 7) is 2.87. The van der Waals surface area contributed by atoms with E-state index in [4.69, 9.17) is 0 Å². The number of nitrogens with zero attached hydrogens (tertiary/aromatic N) is 1. The van der Waals surface area contributed by atoms with Gasteiger partial charge in [-0.3, -0.25) is 4.79 Å². The molecule has 3 rings (SSSR count). The summed E-state index contributed by atoms with van der Waals surface area (Å²) in [6.07, 6.45) is 1.50. The van der Waals surface area contributed by atoms with Crippen molar-refractivity contribution in [2.24, 2.45) is 5.92 Å². The number of rotatable bonds is 4. The van der Waals surface area contributed by atoms with Crippen LogP contribution in [0, 0.1) is 5.92 Å². The number of sulfone groups is 1. The van der Waals surface area contributed by atoms with E-state index in [1.807, 2.05) is 42.5 Å². The number of carbonyl (C=O) groups is 1. The summed E-state index contributed by atoms with van der Waals surface area (Å²) < 4.78 is 25.4. The molecule has 1 saturated heterocycles. The molecule has 1 aliphatic rings. The van der Waals surface area contributed by atoms with Crippen LogP contribution in [0.3, 0.4) is 0 Å². The highest BCUT2D eigenvalue weighted by Crippen LogP contribution is 2.25. The monoisotopic (exact) mass is 357 g/mol. The zero-order valence-corrected chi connectivity index (χ0v) is 15.2. The minimum atomic E-state index is -3.30. The van der Waals surface area contributed by atoms with Crippen LogP contribution in [0.15, 0.2) is 59.5 Å². The number of benzene rings is 2. The largest absolute Gasteiger partial charge is 0.343 e. The maximum atomic E-state index is 12.7. The number of likely N-dealkylation sites (tertiary alicyclic amines) is 1. The maximum absolute atomic E-state index is 12.7. The summed E-state index contributed by atoms with van der Waals surface area (Å²) >= 11 is 0. The highest BCUT2D eigenvalue weighted by Gasteiger charge is 2.26. The lowest BCUT2D eigenvalue weighted by molar-refractivity contribution is -0.130. The van der Waals surface area contributed by atoms with Gasteiger partial charge in [0.15, 0.2) is 9.84 Å². The Morgan fingerprint density at radius 3 is 2.08 bits per heavy atom. The van der Waals surface area contributed by atoms with Crippen LogP contribution >= 0.6 is 0 Å². The summed E-state index contributed by atoms with van der Waals surface area (Å²) in [4.78, 5) is 13.5. The van der Waals surface area contributed by atoms with Gasteiger partial charge in [-0.25, -0.2) is 8.42 Å². The fraction of sp³-hybridized carbons (Fsp3) is 0.350. The van der Waals surface area contributed by atoms with Crippen molar-refractivity contribution in [1.82, 2.24) is 4.90 Å². The quantitative estimate of drug-likeness (QED) is 0.843. The molecule has 132 valence electrons. The first-order chi connectivity index (χ1) is 12.0. The second-order valence-electron chi connectivity index (χ2n) is 6.62. The van der Waals surface area contributed by atoms with Crippen molar-refractivity contribution < 1.29 is 13.2 Å². The second kappa shape index (κ2) is 7.40. The molecule has 0 unspecified atom stereocenters. The molecule has 0 N–H and O–H groups in total. The molecule has 2 aromatic rings. The zero-order valence-electron chi connectivity index (χ0n) is 14.4. The third-order valence-electron chi connectivity index (χ3n) is 4.84. The average Bonchev–Trinajstić information content (AvgIpc) is 2.63. The Labute approximate surface area is 149 Å². The molecule has 0 saturated carbocycles. The van der Waals surface area contributed by atoms with Crippen molar-refractivity contribution in [3.8, 4) is 11.1 Å². The fourth-order valence-electron chi connectivity index (χ4n) is 3.31. The zero-order chi connectivity index (χ0) is 17.9. The van der Waals surface area contributed by atoms with Crippen molar-refractivity contribution in [2.45, 2.75) is 24.7 Å². The molecule has 1 amide bonds. The first kappa shape index (κ1) is 17.7. The van der Waals surface area contributed by atoms with Gasteiger partial charge in [-0.05, 0) is 42.0 Å². The Kier molecular flexibility index (Phi) is 5.23. The third-order valence-corrected chi connectivity index (χ3v) is 6.74. The Balaban J connectivity index is 1.67. The van der Waals surface area contributed by atoms with Crippen LogP contribution in [-0.2, 0) is 14.6 Å². The van der Waals surface area contributed by atoms with E-state index in [1.54, 1.807) is 24.0 Å². The van der Waals surface area contributed by atoms with Gasteiger partial charge < -0.3 is 4.90 Å². The van der Waals surface area contributed by atoms with Crippen molar-refractivity contribution in [2.75, 3.05) is 18.8 Å². The molecule has 0 aromatic heterocycles. The van der Waals surface area contributed by atoms with Crippen molar-refractivity contribution >= 4 is 15.7 Å². The fourth-order valence-corrected chi connectivity index (χ4v) is 5.00. The van der Waals surface area contributed by atoms with Crippen LogP contribution in [0.2, 0.25) is 0 Å². The Hall–Kier alpha value is -2.14.